The molecule has 0 bridgehead atoms. The number of hydrogen-bond donors (Lipinski definition) is 1. The summed E-state index contributed by atoms with van der Waals surface area (Å²) in [5, 5.41) is 4.43. The number of ether oxygens (including phenoxy) is 1. The van der Waals surface area contributed by atoms with Crippen LogP contribution in [0.3, 0.4) is 0 Å². The van der Waals surface area contributed by atoms with E-state index in [1.165, 1.54) is 6.08 Å². The number of fused-ring (bicyclic) bond motifs is 1. The lowest BCUT2D eigenvalue weighted by molar-refractivity contribution is -0.111. The van der Waals surface area contributed by atoms with Crippen molar-refractivity contribution in [1.29, 1.82) is 0 Å². The maximum absolute atomic E-state index is 12.4. The minimum absolute atomic E-state index is 0.250. The normalized spacial score (nSPS) is 11.1. The minimum atomic E-state index is -0.250. The number of thiazole rings is 1. The summed E-state index contributed by atoms with van der Waals surface area (Å²) < 4.78 is 6.52. The molecule has 29 heavy (non-hydrogen) atoms. The first-order valence-electron chi connectivity index (χ1n) is 8.91. The van der Waals surface area contributed by atoms with E-state index in [0.29, 0.717) is 16.5 Å². The van der Waals surface area contributed by atoms with Crippen LogP contribution >= 0.6 is 22.9 Å². The van der Waals surface area contributed by atoms with Gasteiger partial charge in [-0.1, -0.05) is 35.9 Å². The van der Waals surface area contributed by atoms with Gasteiger partial charge in [-0.2, -0.15) is 0 Å². The summed E-state index contributed by atoms with van der Waals surface area (Å²) in [6.07, 6.45) is 3.21. The predicted molar refractivity (Wildman–Crippen MR) is 121 cm³/mol. The SMILES string of the molecule is COc1ccc(-c2nc3ccccc3s2)cc1NC(=O)C=Cc1ccc(Cl)cc1. The van der Waals surface area contributed by atoms with E-state index in [9.17, 15) is 4.79 Å². The highest BCUT2D eigenvalue weighted by Gasteiger charge is 2.11. The van der Waals surface area contributed by atoms with E-state index in [0.717, 1.165) is 26.4 Å². The highest BCUT2D eigenvalue weighted by molar-refractivity contribution is 7.21. The molecule has 0 unspecified atom stereocenters. The first kappa shape index (κ1) is 19.2. The second kappa shape index (κ2) is 8.47. The zero-order valence-corrected chi connectivity index (χ0v) is 17.1. The quantitative estimate of drug-likeness (QED) is 0.387. The second-order valence-electron chi connectivity index (χ2n) is 6.28. The fourth-order valence-electron chi connectivity index (χ4n) is 2.85. The monoisotopic (exact) mass is 420 g/mol. The van der Waals surface area contributed by atoms with E-state index in [1.54, 1.807) is 36.7 Å². The number of rotatable bonds is 5. The van der Waals surface area contributed by atoms with Crippen LogP contribution in [0.4, 0.5) is 5.69 Å². The molecule has 4 rings (SSSR count). The van der Waals surface area contributed by atoms with E-state index in [-0.39, 0.29) is 5.91 Å². The number of anilines is 1. The highest BCUT2D eigenvalue weighted by Crippen LogP contribution is 2.34. The van der Waals surface area contributed by atoms with Gasteiger partial charge in [0.25, 0.3) is 0 Å². The maximum atomic E-state index is 12.4. The lowest BCUT2D eigenvalue weighted by Crippen LogP contribution is -2.09. The molecular weight excluding hydrogens is 404 g/mol. The van der Waals surface area contributed by atoms with Crippen molar-refractivity contribution in [3.8, 4) is 16.3 Å². The number of carbonyl (C=O) groups is 1. The first-order valence-corrected chi connectivity index (χ1v) is 10.1. The summed E-state index contributed by atoms with van der Waals surface area (Å²) in [4.78, 5) is 17.1. The predicted octanol–water partition coefficient (Wildman–Crippen LogP) is 6.28. The van der Waals surface area contributed by atoms with Crippen molar-refractivity contribution in [1.82, 2.24) is 4.98 Å². The van der Waals surface area contributed by atoms with Gasteiger partial charge >= 0.3 is 0 Å². The molecule has 0 aliphatic heterocycles. The molecule has 0 spiro atoms. The smallest absolute Gasteiger partial charge is 0.248 e. The molecule has 1 amide bonds. The number of hydrogen-bond acceptors (Lipinski definition) is 4. The van der Waals surface area contributed by atoms with Crippen LogP contribution in [0, 0.1) is 0 Å². The Labute approximate surface area is 177 Å². The Balaban J connectivity index is 1.58. The molecule has 4 aromatic rings. The summed E-state index contributed by atoms with van der Waals surface area (Å²) in [7, 11) is 1.58. The molecule has 4 nitrogen and oxygen atoms in total. The van der Waals surface area contributed by atoms with Crippen molar-refractivity contribution < 1.29 is 9.53 Å². The maximum Gasteiger partial charge on any atom is 0.248 e. The van der Waals surface area contributed by atoms with Crippen LogP contribution in [0.5, 0.6) is 5.75 Å². The Bertz CT molecular complexity index is 1170. The van der Waals surface area contributed by atoms with E-state index < -0.39 is 0 Å². The van der Waals surface area contributed by atoms with Crippen LogP contribution in [0.25, 0.3) is 26.9 Å². The summed E-state index contributed by atoms with van der Waals surface area (Å²) in [5.41, 5.74) is 3.36. The number of amides is 1. The second-order valence-corrected chi connectivity index (χ2v) is 7.74. The van der Waals surface area contributed by atoms with Crippen LogP contribution in [0.1, 0.15) is 5.56 Å². The Morgan fingerprint density at radius 2 is 1.90 bits per heavy atom. The van der Waals surface area contributed by atoms with Gasteiger partial charge in [-0.05, 0) is 54.1 Å². The summed E-state index contributed by atoms with van der Waals surface area (Å²) in [6, 6.07) is 20.9. The van der Waals surface area contributed by atoms with Crippen molar-refractivity contribution in [3.05, 3.63) is 83.4 Å². The Morgan fingerprint density at radius 3 is 2.66 bits per heavy atom. The van der Waals surface area contributed by atoms with Crippen LogP contribution in [0.2, 0.25) is 5.02 Å². The molecule has 0 aliphatic carbocycles. The number of methoxy groups -OCH3 is 1. The zero-order valence-electron chi connectivity index (χ0n) is 15.6. The average Bonchev–Trinajstić information content (AvgIpc) is 3.17. The number of nitrogens with zero attached hydrogens (tertiary/aromatic N) is 1. The van der Waals surface area contributed by atoms with E-state index in [1.807, 2.05) is 54.6 Å². The van der Waals surface area contributed by atoms with Crippen molar-refractivity contribution in [3.63, 3.8) is 0 Å². The molecule has 0 fully saturated rings. The van der Waals surface area contributed by atoms with E-state index in [2.05, 4.69) is 10.3 Å². The fourth-order valence-corrected chi connectivity index (χ4v) is 3.94. The zero-order chi connectivity index (χ0) is 20.2. The van der Waals surface area contributed by atoms with Crippen LogP contribution in [-0.4, -0.2) is 18.0 Å². The van der Waals surface area contributed by atoms with Crippen molar-refractivity contribution in [2.45, 2.75) is 0 Å². The lowest BCUT2D eigenvalue weighted by atomic mass is 10.2. The molecule has 0 radical (unpaired) electrons. The van der Waals surface area contributed by atoms with E-state index in [4.69, 9.17) is 16.3 Å². The van der Waals surface area contributed by atoms with Gasteiger partial charge in [0.15, 0.2) is 0 Å². The molecule has 1 N–H and O–H groups in total. The molecule has 1 heterocycles. The Hall–Kier alpha value is -3.15. The largest absolute Gasteiger partial charge is 0.495 e. The number of benzene rings is 3. The average molecular weight is 421 g/mol. The minimum Gasteiger partial charge on any atom is -0.495 e. The molecule has 144 valence electrons. The lowest BCUT2D eigenvalue weighted by Gasteiger charge is -2.10. The van der Waals surface area contributed by atoms with Gasteiger partial charge in [-0.25, -0.2) is 4.98 Å². The molecular formula is C23H17ClN2O2S. The molecule has 0 saturated heterocycles. The molecule has 0 saturated carbocycles. The van der Waals surface area contributed by atoms with Crippen molar-refractivity contribution in [2.24, 2.45) is 0 Å². The fraction of sp³-hybridized carbons (Fsp3) is 0.0435. The number of nitrogens with one attached hydrogen (secondary N) is 1. The standard InChI is InChI=1S/C23H17ClN2O2S/c1-28-20-12-9-16(23-26-18-4-2-3-5-21(18)29-23)14-19(20)25-22(27)13-8-15-6-10-17(24)11-7-15/h2-14H,1H3,(H,25,27). The molecule has 0 aliphatic rings. The first-order chi connectivity index (χ1) is 14.1. The van der Waals surface area contributed by atoms with Crippen LogP contribution < -0.4 is 10.1 Å². The van der Waals surface area contributed by atoms with Gasteiger partial charge in [-0.15, -0.1) is 11.3 Å². The van der Waals surface area contributed by atoms with Gasteiger partial charge in [0.1, 0.15) is 10.8 Å². The summed E-state index contributed by atoms with van der Waals surface area (Å²) >= 11 is 7.50. The summed E-state index contributed by atoms with van der Waals surface area (Å²) in [6.45, 7) is 0. The van der Waals surface area contributed by atoms with Crippen molar-refractivity contribution in [2.75, 3.05) is 12.4 Å². The number of carbonyl (C=O) groups excluding carboxylic acids is 1. The number of halogens is 1. The van der Waals surface area contributed by atoms with Gasteiger partial charge in [0.2, 0.25) is 5.91 Å². The van der Waals surface area contributed by atoms with Gasteiger partial charge in [0.05, 0.1) is 23.0 Å². The van der Waals surface area contributed by atoms with Crippen molar-refractivity contribution >= 4 is 50.8 Å². The Kier molecular flexibility index (Phi) is 5.60. The van der Waals surface area contributed by atoms with Gasteiger partial charge < -0.3 is 10.1 Å². The van der Waals surface area contributed by atoms with Gasteiger partial charge in [-0.3, -0.25) is 4.79 Å². The highest BCUT2D eigenvalue weighted by atomic mass is 35.5. The topological polar surface area (TPSA) is 51.2 Å². The Morgan fingerprint density at radius 1 is 1.10 bits per heavy atom. The van der Waals surface area contributed by atoms with Crippen LogP contribution in [0.15, 0.2) is 72.8 Å². The third kappa shape index (κ3) is 4.47. The summed E-state index contributed by atoms with van der Waals surface area (Å²) in [5.74, 6) is 0.336. The molecule has 0 atom stereocenters. The van der Waals surface area contributed by atoms with E-state index >= 15 is 0 Å². The molecule has 1 aromatic heterocycles. The number of aromatic nitrogens is 1. The third-order valence-corrected chi connectivity index (χ3v) is 5.63. The third-order valence-electron chi connectivity index (χ3n) is 4.30. The van der Waals surface area contributed by atoms with Crippen LogP contribution in [-0.2, 0) is 4.79 Å². The molecule has 6 heteroatoms. The number of para-hydroxylation sites is 1. The molecule has 3 aromatic carbocycles. The van der Waals surface area contributed by atoms with Gasteiger partial charge in [0, 0.05) is 16.7 Å².